The number of aryl methyl sites for hydroxylation is 1. The number of ether oxygens (including phenoxy) is 1. The number of nitrogens with zero attached hydrogens (tertiary/aromatic N) is 1. The summed E-state index contributed by atoms with van der Waals surface area (Å²) in [6.07, 6.45) is 0.856. The Labute approximate surface area is 143 Å². The van der Waals surface area contributed by atoms with Crippen molar-refractivity contribution in [1.82, 2.24) is 4.67 Å². The molecule has 1 aliphatic rings. The van der Waals surface area contributed by atoms with Crippen LogP contribution in [0.15, 0.2) is 48.5 Å². The van der Waals surface area contributed by atoms with Crippen LogP contribution in [0.2, 0.25) is 0 Å². The summed E-state index contributed by atoms with van der Waals surface area (Å²) in [6.45, 7) is 3.72. The van der Waals surface area contributed by atoms with E-state index in [1.165, 1.54) is 0 Å². The van der Waals surface area contributed by atoms with Crippen molar-refractivity contribution in [3.63, 3.8) is 0 Å². The third kappa shape index (κ3) is 3.64. The van der Waals surface area contributed by atoms with Crippen LogP contribution in [-0.2, 0) is 15.6 Å². The normalized spacial score (nSPS) is 21.4. The molecule has 2 aromatic rings. The third-order valence-electron chi connectivity index (χ3n) is 4.15. The van der Waals surface area contributed by atoms with E-state index in [9.17, 15) is 4.57 Å². The van der Waals surface area contributed by atoms with Gasteiger partial charge in [0.1, 0.15) is 5.75 Å². The van der Waals surface area contributed by atoms with Crippen LogP contribution < -0.4 is 9.82 Å². The first-order chi connectivity index (χ1) is 11.6. The molecule has 0 aliphatic carbocycles. The number of para-hydroxylation sites is 2. The summed E-state index contributed by atoms with van der Waals surface area (Å²) in [6, 6.07) is 15.6. The van der Waals surface area contributed by atoms with Crippen molar-refractivity contribution < 1.29 is 13.8 Å². The Hall–Kier alpha value is -1.81. The van der Waals surface area contributed by atoms with Gasteiger partial charge in [-0.3, -0.25) is 0 Å². The zero-order valence-corrected chi connectivity index (χ0v) is 15.0. The van der Waals surface area contributed by atoms with Gasteiger partial charge in [0.2, 0.25) is 0 Å². The molecular formula is C18H23N2O3P. The predicted molar refractivity (Wildman–Crippen MR) is 96.4 cm³/mol. The number of rotatable bonds is 5. The Bertz CT molecular complexity index is 751. The van der Waals surface area contributed by atoms with Crippen LogP contribution in [0.5, 0.6) is 5.75 Å². The molecule has 0 amide bonds. The van der Waals surface area contributed by atoms with Crippen LogP contribution >= 0.6 is 7.67 Å². The van der Waals surface area contributed by atoms with Gasteiger partial charge in [-0.25, -0.2) is 9.24 Å². The second-order valence-corrected chi connectivity index (χ2v) is 7.92. The highest BCUT2D eigenvalue weighted by atomic mass is 31.2. The first kappa shape index (κ1) is 17.0. The maximum Gasteiger partial charge on any atom is 0.368 e. The summed E-state index contributed by atoms with van der Waals surface area (Å²) in [5.74, 6) is 0.797. The second-order valence-electron chi connectivity index (χ2n) is 5.83. The Morgan fingerprint density at radius 2 is 1.96 bits per heavy atom. The maximum absolute atomic E-state index is 13.4. The van der Waals surface area contributed by atoms with Gasteiger partial charge in [0, 0.05) is 24.3 Å². The molecule has 1 saturated heterocycles. The monoisotopic (exact) mass is 346 g/mol. The number of anilines is 1. The highest BCUT2D eigenvalue weighted by Gasteiger charge is 2.36. The van der Waals surface area contributed by atoms with E-state index in [-0.39, 0.29) is 0 Å². The summed E-state index contributed by atoms with van der Waals surface area (Å²) < 4.78 is 26.5. The summed E-state index contributed by atoms with van der Waals surface area (Å²) in [5, 5.41) is 3.15. The van der Waals surface area contributed by atoms with E-state index < -0.39 is 7.67 Å². The lowest BCUT2D eigenvalue weighted by Gasteiger charge is -2.35. The molecule has 1 fully saturated rings. The molecule has 1 heterocycles. The number of benzene rings is 2. The Balaban J connectivity index is 1.85. The SMILES string of the molecule is COc1ccccc1CN1CCCO[P@]1(=O)Nc1ccccc1C. The van der Waals surface area contributed by atoms with Gasteiger partial charge in [0.25, 0.3) is 0 Å². The molecule has 0 radical (unpaired) electrons. The molecule has 0 unspecified atom stereocenters. The molecule has 2 aromatic carbocycles. The van der Waals surface area contributed by atoms with Gasteiger partial charge in [-0.05, 0) is 31.0 Å². The van der Waals surface area contributed by atoms with E-state index in [0.717, 1.165) is 29.0 Å². The summed E-state index contributed by atoms with van der Waals surface area (Å²) in [5.41, 5.74) is 2.88. The minimum Gasteiger partial charge on any atom is -0.496 e. The van der Waals surface area contributed by atoms with E-state index in [4.69, 9.17) is 9.26 Å². The van der Waals surface area contributed by atoms with Crippen molar-refractivity contribution in [2.24, 2.45) is 0 Å². The lowest BCUT2D eigenvalue weighted by molar-refractivity contribution is 0.205. The Morgan fingerprint density at radius 1 is 1.21 bits per heavy atom. The van der Waals surface area contributed by atoms with Gasteiger partial charge in [-0.2, -0.15) is 0 Å². The van der Waals surface area contributed by atoms with Crippen molar-refractivity contribution in [3.8, 4) is 5.75 Å². The maximum atomic E-state index is 13.4. The Kier molecular flexibility index (Phi) is 5.24. The van der Waals surface area contributed by atoms with Crippen molar-refractivity contribution in [2.75, 3.05) is 25.3 Å². The van der Waals surface area contributed by atoms with Gasteiger partial charge >= 0.3 is 7.67 Å². The number of hydrogen-bond acceptors (Lipinski definition) is 3. The van der Waals surface area contributed by atoms with E-state index in [1.54, 1.807) is 7.11 Å². The molecule has 1 aliphatic heterocycles. The molecule has 128 valence electrons. The largest absolute Gasteiger partial charge is 0.496 e. The fraction of sp³-hybridized carbons (Fsp3) is 0.333. The van der Waals surface area contributed by atoms with Crippen molar-refractivity contribution in [1.29, 1.82) is 0 Å². The fourth-order valence-corrected chi connectivity index (χ4v) is 4.85. The molecule has 3 rings (SSSR count). The van der Waals surface area contributed by atoms with Crippen LogP contribution in [0.1, 0.15) is 17.5 Å². The molecule has 1 atom stereocenters. The van der Waals surface area contributed by atoms with Crippen LogP contribution in [-0.4, -0.2) is 24.9 Å². The molecule has 5 nitrogen and oxygen atoms in total. The molecule has 24 heavy (non-hydrogen) atoms. The standard InChI is InChI=1S/C18H23N2O3P/c1-15-8-3-5-10-17(15)19-24(21)20(12-7-13-23-24)14-16-9-4-6-11-18(16)22-2/h3-6,8-11H,7,12-14H2,1-2H3,(H,19,21)/t24-/m1/s1. The molecule has 0 bridgehead atoms. The molecular weight excluding hydrogens is 323 g/mol. The Morgan fingerprint density at radius 3 is 2.75 bits per heavy atom. The summed E-state index contributed by atoms with van der Waals surface area (Å²) in [4.78, 5) is 0. The summed E-state index contributed by atoms with van der Waals surface area (Å²) >= 11 is 0. The molecule has 0 aromatic heterocycles. The average molecular weight is 346 g/mol. The zero-order chi connectivity index (χ0) is 17.0. The lowest BCUT2D eigenvalue weighted by atomic mass is 10.2. The van der Waals surface area contributed by atoms with Crippen LogP contribution in [0.3, 0.4) is 0 Å². The van der Waals surface area contributed by atoms with E-state index in [1.807, 2.05) is 60.1 Å². The zero-order valence-electron chi connectivity index (χ0n) is 14.1. The van der Waals surface area contributed by atoms with Crippen LogP contribution in [0.25, 0.3) is 0 Å². The number of hydrogen-bond donors (Lipinski definition) is 1. The predicted octanol–water partition coefficient (Wildman–Crippen LogP) is 4.45. The second kappa shape index (κ2) is 7.39. The van der Waals surface area contributed by atoms with Crippen LogP contribution in [0, 0.1) is 6.92 Å². The van der Waals surface area contributed by atoms with Gasteiger partial charge in [-0.15, -0.1) is 0 Å². The van der Waals surface area contributed by atoms with Crippen molar-refractivity contribution in [2.45, 2.75) is 19.9 Å². The highest BCUT2D eigenvalue weighted by molar-refractivity contribution is 7.58. The quantitative estimate of drug-likeness (QED) is 0.811. The third-order valence-corrected chi connectivity index (χ3v) is 6.29. The topological polar surface area (TPSA) is 50.8 Å². The summed E-state index contributed by atoms with van der Waals surface area (Å²) in [7, 11) is -1.49. The van der Waals surface area contributed by atoms with Crippen molar-refractivity contribution >= 4 is 13.4 Å². The highest BCUT2D eigenvalue weighted by Crippen LogP contribution is 2.54. The van der Waals surface area contributed by atoms with E-state index in [2.05, 4.69) is 5.09 Å². The van der Waals surface area contributed by atoms with Crippen LogP contribution in [0.4, 0.5) is 5.69 Å². The van der Waals surface area contributed by atoms with E-state index >= 15 is 0 Å². The minimum atomic E-state index is -3.14. The van der Waals surface area contributed by atoms with Crippen molar-refractivity contribution in [3.05, 3.63) is 59.7 Å². The molecule has 0 saturated carbocycles. The van der Waals surface area contributed by atoms with Gasteiger partial charge < -0.3 is 14.3 Å². The lowest BCUT2D eigenvalue weighted by Crippen LogP contribution is -2.31. The van der Waals surface area contributed by atoms with Gasteiger partial charge in [0.05, 0.1) is 13.7 Å². The minimum absolute atomic E-state index is 0.499. The first-order valence-corrected chi connectivity index (χ1v) is 9.66. The molecule has 1 N–H and O–H groups in total. The van der Waals surface area contributed by atoms with Gasteiger partial charge in [-0.1, -0.05) is 36.4 Å². The average Bonchev–Trinajstić information content (AvgIpc) is 2.59. The van der Waals surface area contributed by atoms with E-state index in [0.29, 0.717) is 19.7 Å². The smallest absolute Gasteiger partial charge is 0.368 e. The van der Waals surface area contributed by atoms with Gasteiger partial charge in [0.15, 0.2) is 0 Å². The molecule has 6 heteroatoms. The number of nitrogens with one attached hydrogen (secondary N) is 1. The fourth-order valence-electron chi connectivity index (χ4n) is 2.80. The molecule has 0 spiro atoms. The first-order valence-electron chi connectivity index (χ1n) is 8.08. The number of methoxy groups -OCH3 is 1.